The summed E-state index contributed by atoms with van der Waals surface area (Å²) in [5, 5.41) is 3.39. The van der Waals surface area contributed by atoms with Gasteiger partial charge in [-0.3, -0.25) is 9.88 Å². The molecule has 1 N–H and O–H groups in total. The molecule has 0 aliphatic heterocycles. The van der Waals surface area contributed by atoms with Crippen molar-refractivity contribution in [3.8, 4) is 0 Å². The third kappa shape index (κ3) is 4.66. The van der Waals surface area contributed by atoms with Gasteiger partial charge in [-0.1, -0.05) is 6.07 Å². The quantitative estimate of drug-likeness (QED) is 0.808. The largest absolute Gasteiger partial charge is 0.308 e. The van der Waals surface area contributed by atoms with Crippen molar-refractivity contribution in [2.24, 2.45) is 0 Å². The second-order valence-electron chi connectivity index (χ2n) is 4.86. The molecule has 0 aromatic carbocycles. The van der Waals surface area contributed by atoms with Gasteiger partial charge in [0.1, 0.15) is 0 Å². The predicted octanol–water partition coefficient (Wildman–Crippen LogP) is 2.03. The molecule has 100 valence electrons. The minimum absolute atomic E-state index is 0.216. The molecule has 0 radical (unpaired) electrons. The Kier molecular flexibility index (Phi) is 4.60. The van der Waals surface area contributed by atoms with Gasteiger partial charge >= 0.3 is 0 Å². The molecule has 1 fully saturated rings. The van der Waals surface area contributed by atoms with Crippen LogP contribution in [0.5, 0.6) is 0 Å². The van der Waals surface area contributed by atoms with Crippen LogP contribution < -0.4 is 5.32 Å². The van der Waals surface area contributed by atoms with E-state index in [1.165, 1.54) is 12.8 Å². The first-order valence-electron chi connectivity index (χ1n) is 6.28. The van der Waals surface area contributed by atoms with Crippen LogP contribution in [-0.4, -0.2) is 35.9 Å². The number of hydrogen-bond donors (Lipinski definition) is 1. The summed E-state index contributed by atoms with van der Waals surface area (Å²) in [5.74, 6) is 0. The van der Waals surface area contributed by atoms with Gasteiger partial charge < -0.3 is 5.32 Å². The van der Waals surface area contributed by atoms with Crippen LogP contribution in [0, 0.1) is 0 Å². The monoisotopic (exact) mass is 255 g/mol. The van der Waals surface area contributed by atoms with Crippen molar-refractivity contribution in [2.45, 2.75) is 38.4 Å². The Bertz CT molecular complexity index is 380. The lowest BCUT2D eigenvalue weighted by Gasteiger charge is -2.15. The Morgan fingerprint density at radius 2 is 2.11 bits per heavy atom. The first kappa shape index (κ1) is 13.4. The van der Waals surface area contributed by atoms with Crippen LogP contribution in [0.25, 0.3) is 0 Å². The van der Waals surface area contributed by atoms with Gasteiger partial charge in [-0.05, 0) is 32.0 Å². The van der Waals surface area contributed by atoms with E-state index in [0.29, 0.717) is 12.6 Å². The molecule has 0 spiro atoms. The molecule has 1 saturated carbocycles. The highest BCUT2D eigenvalue weighted by Gasteiger charge is 2.20. The van der Waals surface area contributed by atoms with E-state index in [0.717, 1.165) is 17.9 Å². The van der Waals surface area contributed by atoms with E-state index in [2.05, 4.69) is 10.3 Å². The first-order valence-corrected chi connectivity index (χ1v) is 6.28. The smallest absolute Gasteiger partial charge is 0.251 e. The first-order chi connectivity index (χ1) is 8.63. The molecule has 1 aromatic rings. The van der Waals surface area contributed by atoms with E-state index in [-0.39, 0.29) is 6.54 Å². The minimum Gasteiger partial charge on any atom is -0.308 e. The van der Waals surface area contributed by atoms with E-state index in [9.17, 15) is 8.78 Å². The highest BCUT2D eigenvalue weighted by atomic mass is 19.3. The van der Waals surface area contributed by atoms with E-state index in [1.807, 2.05) is 18.2 Å². The molecule has 0 amide bonds. The molecule has 1 aromatic heterocycles. The van der Waals surface area contributed by atoms with Crippen LogP contribution in [0.3, 0.4) is 0 Å². The average molecular weight is 255 g/mol. The normalized spacial score (nSPS) is 15.6. The van der Waals surface area contributed by atoms with Crippen molar-refractivity contribution >= 4 is 0 Å². The number of nitrogens with one attached hydrogen (secondary N) is 1. The maximum Gasteiger partial charge on any atom is 0.251 e. The fourth-order valence-electron chi connectivity index (χ4n) is 1.83. The molecule has 0 atom stereocenters. The van der Waals surface area contributed by atoms with Crippen molar-refractivity contribution in [3.05, 3.63) is 29.6 Å². The van der Waals surface area contributed by atoms with Gasteiger partial charge in [0.25, 0.3) is 6.43 Å². The van der Waals surface area contributed by atoms with Gasteiger partial charge in [-0.15, -0.1) is 0 Å². The second kappa shape index (κ2) is 6.20. The molecule has 1 aliphatic carbocycles. The van der Waals surface area contributed by atoms with E-state index in [1.54, 1.807) is 11.9 Å². The standard InChI is InChI=1S/C13H19F2N3/c1-18(9-13(14)15)8-12-4-2-3-11(17-12)7-16-10-5-6-10/h2-4,10,13,16H,5-9H2,1H3. The van der Waals surface area contributed by atoms with Crippen LogP contribution in [0.4, 0.5) is 8.78 Å². The van der Waals surface area contributed by atoms with E-state index in [4.69, 9.17) is 0 Å². The number of pyridine rings is 1. The number of rotatable bonds is 7. The van der Waals surface area contributed by atoms with Crippen LogP contribution >= 0.6 is 0 Å². The maximum atomic E-state index is 12.2. The zero-order valence-electron chi connectivity index (χ0n) is 10.6. The summed E-state index contributed by atoms with van der Waals surface area (Å²) in [5.41, 5.74) is 1.82. The van der Waals surface area contributed by atoms with Gasteiger partial charge in [-0.2, -0.15) is 0 Å². The summed E-state index contributed by atoms with van der Waals surface area (Å²) >= 11 is 0. The van der Waals surface area contributed by atoms with Crippen LogP contribution in [-0.2, 0) is 13.1 Å². The Morgan fingerprint density at radius 3 is 2.78 bits per heavy atom. The topological polar surface area (TPSA) is 28.2 Å². The number of alkyl halides is 2. The van der Waals surface area contributed by atoms with Crippen LogP contribution in [0.2, 0.25) is 0 Å². The molecule has 0 saturated heterocycles. The molecule has 1 aliphatic rings. The molecule has 5 heteroatoms. The van der Waals surface area contributed by atoms with Crippen molar-refractivity contribution in [1.29, 1.82) is 0 Å². The third-order valence-electron chi connectivity index (χ3n) is 2.90. The Balaban J connectivity index is 1.85. The summed E-state index contributed by atoms with van der Waals surface area (Å²) in [6.45, 7) is 1.00. The molecular weight excluding hydrogens is 236 g/mol. The van der Waals surface area contributed by atoms with Gasteiger partial charge in [0.15, 0.2) is 0 Å². The van der Waals surface area contributed by atoms with E-state index < -0.39 is 6.43 Å². The van der Waals surface area contributed by atoms with E-state index >= 15 is 0 Å². The van der Waals surface area contributed by atoms with Crippen LogP contribution in [0.15, 0.2) is 18.2 Å². The minimum atomic E-state index is -2.30. The molecule has 2 rings (SSSR count). The van der Waals surface area contributed by atoms with Gasteiger partial charge in [-0.25, -0.2) is 8.78 Å². The van der Waals surface area contributed by atoms with Gasteiger partial charge in [0, 0.05) is 19.1 Å². The fraction of sp³-hybridized carbons (Fsp3) is 0.615. The lowest BCUT2D eigenvalue weighted by Crippen LogP contribution is -2.25. The predicted molar refractivity (Wildman–Crippen MR) is 66.4 cm³/mol. The molecule has 3 nitrogen and oxygen atoms in total. The lowest BCUT2D eigenvalue weighted by molar-refractivity contribution is 0.0970. The molecule has 0 bridgehead atoms. The number of halogens is 2. The molecule has 0 unspecified atom stereocenters. The summed E-state index contributed by atoms with van der Waals surface area (Å²) in [4.78, 5) is 6.06. The van der Waals surface area contributed by atoms with Crippen molar-refractivity contribution in [3.63, 3.8) is 0 Å². The summed E-state index contributed by atoms with van der Waals surface area (Å²) in [6, 6.07) is 6.42. The number of hydrogen-bond acceptors (Lipinski definition) is 3. The molecular formula is C13H19F2N3. The number of aromatic nitrogens is 1. The van der Waals surface area contributed by atoms with Gasteiger partial charge in [0.05, 0.1) is 17.9 Å². The maximum absolute atomic E-state index is 12.2. The fourth-order valence-corrected chi connectivity index (χ4v) is 1.83. The zero-order valence-corrected chi connectivity index (χ0v) is 10.6. The lowest BCUT2D eigenvalue weighted by atomic mass is 10.3. The second-order valence-corrected chi connectivity index (χ2v) is 4.86. The molecule has 1 heterocycles. The molecule has 18 heavy (non-hydrogen) atoms. The SMILES string of the molecule is CN(Cc1cccc(CNC2CC2)n1)CC(F)F. The van der Waals surface area contributed by atoms with Crippen molar-refractivity contribution in [2.75, 3.05) is 13.6 Å². The Morgan fingerprint density at radius 1 is 1.39 bits per heavy atom. The summed E-state index contributed by atoms with van der Waals surface area (Å²) in [7, 11) is 1.68. The average Bonchev–Trinajstić information content (AvgIpc) is 3.09. The van der Waals surface area contributed by atoms with Crippen molar-refractivity contribution < 1.29 is 8.78 Å². The van der Waals surface area contributed by atoms with Crippen molar-refractivity contribution in [1.82, 2.24) is 15.2 Å². The van der Waals surface area contributed by atoms with Crippen LogP contribution in [0.1, 0.15) is 24.2 Å². The highest BCUT2D eigenvalue weighted by molar-refractivity contribution is 5.11. The zero-order chi connectivity index (χ0) is 13.0. The number of nitrogens with zero attached hydrogens (tertiary/aromatic N) is 2. The Hall–Kier alpha value is -1.07. The third-order valence-corrected chi connectivity index (χ3v) is 2.90. The highest BCUT2D eigenvalue weighted by Crippen LogP contribution is 2.19. The van der Waals surface area contributed by atoms with Gasteiger partial charge in [0.2, 0.25) is 0 Å². The summed E-state index contributed by atoms with van der Waals surface area (Å²) in [6.07, 6.45) is 0.197. The summed E-state index contributed by atoms with van der Waals surface area (Å²) < 4.78 is 24.4. The Labute approximate surface area is 106 Å².